The Hall–Kier alpha value is -1.43. The van der Waals surface area contributed by atoms with E-state index in [1.807, 2.05) is 37.4 Å². The zero-order valence-electron chi connectivity index (χ0n) is 12.2. The normalized spacial score (nSPS) is 10.0. The van der Waals surface area contributed by atoms with Gasteiger partial charge in [-0.05, 0) is 13.5 Å². The van der Waals surface area contributed by atoms with Crippen LogP contribution in [0.2, 0.25) is 0 Å². The minimum absolute atomic E-state index is 0. The number of hydrogen-bond acceptors (Lipinski definition) is 4. The van der Waals surface area contributed by atoms with Gasteiger partial charge in [0, 0.05) is 23.4 Å². The van der Waals surface area contributed by atoms with Crippen molar-refractivity contribution >= 4 is 34.8 Å². The Morgan fingerprint density at radius 1 is 1.29 bits per heavy atom. The Labute approximate surface area is 135 Å². The van der Waals surface area contributed by atoms with Gasteiger partial charge in [0.25, 0.3) is 0 Å². The van der Waals surface area contributed by atoms with Crippen LogP contribution in [0.15, 0.2) is 30.3 Å². The maximum Gasteiger partial charge on any atom is 0.227 e. The summed E-state index contributed by atoms with van der Waals surface area (Å²) in [6.07, 6.45) is 1.37. The van der Waals surface area contributed by atoms with E-state index in [1.54, 1.807) is 11.3 Å². The molecule has 0 aliphatic heterocycles. The van der Waals surface area contributed by atoms with Gasteiger partial charge in [0.1, 0.15) is 0 Å². The molecule has 6 heteroatoms. The molecule has 0 saturated carbocycles. The van der Waals surface area contributed by atoms with Crippen molar-refractivity contribution in [3.8, 4) is 11.3 Å². The van der Waals surface area contributed by atoms with E-state index >= 15 is 0 Å². The molecule has 0 fully saturated rings. The van der Waals surface area contributed by atoms with Gasteiger partial charge in [0.15, 0.2) is 5.13 Å². The second-order valence-corrected chi connectivity index (χ2v) is 5.50. The molecule has 114 valence electrons. The van der Waals surface area contributed by atoms with Gasteiger partial charge >= 0.3 is 0 Å². The predicted molar refractivity (Wildman–Crippen MR) is 91.3 cm³/mol. The van der Waals surface area contributed by atoms with Crippen LogP contribution in [0.1, 0.15) is 18.2 Å². The lowest BCUT2D eigenvalue weighted by Gasteiger charge is -2.00. The molecule has 0 radical (unpaired) electrons. The smallest absolute Gasteiger partial charge is 0.227 e. The second-order valence-electron chi connectivity index (χ2n) is 4.41. The third kappa shape index (κ3) is 4.81. The van der Waals surface area contributed by atoms with Crippen LogP contribution in [0.5, 0.6) is 0 Å². The maximum absolute atomic E-state index is 11.7. The molecular formula is C15H20ClN3OS. The molecule has 1 amide bonds. The summed E-state index contributed by atoms with van der Waals surface area (Å²) in [4.78, 5) is 17.5. The summed E-state index contributed by atoms with van der Waals surface area (Å²) in [5.41, 5.74) is 2.07. The number of benzene rings is 1. The van der Waals surface area contributed by atoms with Crippen LogP contribution in [-0.4, -0.2) is 24.5 Å². The van der Waals surface area contributed by atoms with Crippen LogP contribution in [0.25, 0.3) is 11.3 Å². The highest BCUT2D eigenvalue weighted by Gasteiger charge is 2.13. The van der Waals surface area contributed by atoms with Crippen LogP contribution < -0.4 is 10.6 Å². The Kier molecular flexibility index (Phi) is 7.36. The molecule has 1 aromatic heterocycles. The number of nitrogens with zero attached hydrogens (tertiary/aromatic N) is 1. The fourth-order valence-electron chi connectivity index (χ4n) is 1.89. The summed E-state index contributed by atoms with van der Waals surface area (Å²) in [7, 11) is 1.83. The van der Waals surface area contributed by atoms with E-state index in [1.165, 1.54) is 4.88 Å². The number of thiazole rings is 1. The number of aryl methyl sites for hydroxylation is 1. The summed E-state index contributed by atoms with van der Waals surface area (Å²) in [5, 5.41) is 6.51. The topological polar surface area (TPSA) is 54.0 Å². The maximum atomic E-state index is 11.7. The van der Waals surface area contributed by atoms with Crippen molar-refractivity contribution in [2.45, 2.75) is 19.8 Å². The van der Waals surface area contributed by atoms with E-state index in [-0.39, 0.29) is 18.3 Å². The van der Waals surface area contributed by atoms with Crippen molar-refractivity contribution in [3.63, 3.8) is 0 Å². The van der Waals surface area contributed by atoms with E-state index < -0.39 is 0 Å². The number of aromatic nitrogens is 1. The van der Waals surface area contributed by atoms with Gasteiger partial charge in [0.05, 0.1) is 5.69 Å². The number of anilines is 1. The van der Waals surface area contributed by atoms with Crippen LogP contribution >= 0.6 is 23.7 Å². The van der Waals surface area contributed by atoms with Gasteiger partial charge in [-0.25, -0.2) is 4.98 Å². The average molecular weight is 326 g/mol. The molecule has 0 aliphatic carbocycles. The first kappa shape index (κ1) is 17.6. The minimum Gasteiger partial charge on any atom is -0.319 e. The molecule has 0 atom stereocenters. The zero-order valence-corrected chi connectivity index (χ0v) is 13.8. The molecule has 21 heavy (non-hydrogen) atoms. The standard InChI is InChI=1S/C15H19N3OS.ClH/c1-3-12-14(11-7-5-4-6-8-11)18-15(20-12)17-13(19)9-10-16-2;/h4-8,16H,3,9-10H2,1-2H3,(H,17,18,19);1H. The van der Waals surface area contributed by atoms with E-state index in [0.29, 0.717) is 18.1 Å². The molecule has 2 N–H and O–H groups in total. The lowest BCUT2D eigenvalue weighted by molar-refractivity contribution is -0.116. The quantitative estimate of drug-likeness (QED) is 0.856. The van der Waals surface area contributed by atoms with Crippen LogP contribution in [0.3, 0.4) is 0 Å². The van der Waals surface area contributed by atoms with Gasteiger partial charge in [-0.1, -0.05) is 37.3 Å². The number of rotatable bonds is 6. The first-order valence-electron chi connectivity index (χ1n) is 6.74. The predicted octanol–water partition coefficient (Wildman–Crippen LogP) is 3.34. The highest BCUT2D eigenvalue weighted by molar-refractivity contribution is 7.16. The van der Waals surface area contributed by atoms with Crippen molar-refractivity contribution in [3.05, 3.63) is 35.2 Å². The second kappa shape index (κ2) is 8.77. The first-order chi connectivity index (χ1) is 9.74. The zero-order chi connectivity index (χ0) is 14.4. The number of hydrogen-bond donors (Lipinski definition) is 2. The lowest BCUT2D eigenvalue weighted by Crippen LogP contribution is -2.18. The van der Waals surface area contributed by atoms with Gasteiger partial charge < -0.3 is 10.6 Å². The molecule has 4 nitrogen and oxygen atoms in total. The third-order valence-electron chi connectivity index (χ3n) is 2.91. The van der Waals surface area contributed by atoms with Gasteiger partial charge in [-0.2, -0.15) is 0 Å². The van der Waals surface area contributed by atoms with Gasteiger partial charge in [-0.15, -0.1) is 23.7 Å². The van der Waals surface area contributed by atoms with E-state index in [9.17, 15) is 4.79 Å². The third-order valence-corrected chi connectivity index (χ3v) is 4.03. The van der Waals surface area contributed by atoms with Crippen molar-refractivity contribution in [2.24, 2.45) is 0 Å². The number of halogens is 1. The summed E-state index contributed by atoms with van der Waals surface area (Å²) in [6.45, 7) is 2.77. The first-order valence-corrected chi connectivity index (χ1v) is 7.55. The molecular weight excluding hydrogens is 306 g/mol. The van der Waals surface area contributed by atoms with Crippen molar-refractivity contribution in [1.29, 1.82) is 0 Å². The highest BCUT2D eigenvalue weighted by Crippen LogP contribution is 2.31. The Bertz CT molecular complexity index is 572. The highest BCUT2D eigenvalue weighted by atomic mass is 35.5. The molecule has 2 aromatic rings. The number of carbonyl (C=O) groups is 1. The van der Waals surface area contributed by atoms with Crippen molar-refractivity contribution in [1.82, 2.24) is 10.3 Å². The molecule has 0 bridgehead atoms. The molecule has 0 aliphatic rings. The lowest BCUT2D eigenvalue weighted by atomic mass is 10.1. The molecule has 1 aromatic carbocycles. The monoisotopic (exact) mass is 325 g/mol. The fraction of sp³-hybridized carbons (Fsp3) is 0.333. The summed E-state index contributed by atoms with van der Waals surface area (Å²) in [6, 6.07) is 10.1. The molecule has 0 unspecified atom stereocenters. The number of nitrogens with one attached hydrogen (secondary N) is 2. The molecule has 2 rings (SSSR count). The fourth-order valence-corrected chi connectivity index (χ4v) is 2.83. The van der Waals surface area contributed by atoms with Gasteiger partial charge in [0.2, 0.25) is 5.91 Å². The van der Waals surface area contributed by atoms with E-state index in [2.05, 4.69) is 22.5 Å². The van der Waals surface area contributed by atoms with E-state index in [4.69, 9.17) is 0 Å². The summed E-state index contributed by atoms with van der Waals surface area (Å²) < 4.78 is 0. The molecule has 0 saturated heterocycles. The SMILES string of the molecule is CCc1sc(NC(=O)CCNC)nc1-c1ccccc1.Cl. The molecule has 0 spiro atoms. The van der Waals surface area contributed by atoms with Crippen molar-refractivity contribution in [2.75, 3.05) is 18.9 Å². The summed E-state index contributed by atoms with van der Waals surface area (Å²) in [5.74, 6) is -0.00429. The summed E-state index contributed by atoms with van der Waals surface area (Å²) >= 11 is 1.55. The Morgan fingerprint density at radius 2 is 2.00 bits per heavy atom. The Morgan fingerprint density at radius 3 is 2.62 bits per heavy atom. The largest absolute Gasteiger partial charge is 0.319 e. The molecule has 1 heterocycles. The number of carbonyl (C=O) groups excluding carboxylic acids is 1. The number of amides is 1. The average Bonchev–Trinajstić information content (AvgIpc) is 2.89. The Balaban J connectivity index is 0.00000220. The van der Waals surface area contributed by atoms with Crippen molar-refractivity contribution < 1.29 is 4.79 Å². The van der Waals surface area contributed by atoms with Gasteiger partial charge in [-0.3, -0.25) is 4.79 Å². The minimum atomic E-state index is -0.00429. The van der Waals surface area contributed by atoms with Crippen LogP contribution in [0.4, 0.5) is 5.13 Å². The van der Waals surface area contributed by atoms with E-state index in [0.717, 1.165) is 17.7 Å². The van der Waals surface area contributed by atoms with Crippen LogP contribution in [-0.2, 0) is 11.2 Å². The van der Waals surface area contributed by atoms with Crippen LogP contribution in [0, 0.1) is 0 Å².